The molecule has 2 rings (SSSR count). The molecule has 0 aromatic heterocycles. The molecule has 3 nitrogen and oxygen atoms in total. The zero-order chi connectivity index (χ0) is 16.8. The third-order valence-electron chi connectivity index (χ3n) is 3.65. The van der Waals surface area contributed by atoms with E-state index in [0.717, 1.165) is 5.69 Å². The van der Waals surface area contributed by atoms with E-state index >= 15 is 0 Å². The Morgan fingerprint density at radius 2 is 1.74 bits per heavy atom. The van der Waals surface area contributed by atoms with Crippen LogP contribution >= 0.6 is 0 Å². The van der Waals surface area contributed by atoms with Crippen LogP contribution in [0.15, 0.2) is 54.6 Å². The number of rotatable bonds is 6. The number of nitrogens with zero attached hydrogens (tertiary/aromatic N) is 1. The quantitative estimate of drug-likeness (QED) is 0.811. The molecule has 0 unspecified atom stereocenters. The number of amides is 1. The van der Waals surface area contributed by atoms with Crippen LogP contribution < -0.4 is 4.90 Å². The molecule has 0 heterocycles. The number of carbonyl (C=O) groups is 1. The number of hydrogen-bond acceptors (Lipinski definition) is 2. The van der Waals surface area contributed by atoms with Gasteiger partial charge in [-0.15, -0.1) is 0 Å². The predicted molar refractivity (Wildman–Crippen MR) is 92.2 cm³/mol. The standard InChI is InChI=1S/C18H20FNO2S/c1-3-20(16-10-5-4-6-11-16)18(21)14(2)23(22)13-15-9-7-8-12-17(15)19/h4-12,14H,3,13H2,1-2H3/t14-,23-/m1/s1. The van der Waals surface area contributed by atoms with Gasteiger partial charge in [0.25, 0.3) is 0 Å². The molecule has 2 aromatic carbocycles. The fourth-order valence-corrected chi connectivity index (χ4v) is 3.44. The molecule has 0 N–H and O–H groups in total. The van der Waals surface area contributed by atoms with Gasteiger partial charge in [-0.1, -0.05) is 36.4 Å². The van der Waals surface area contributed by atoms with E-state index in [-0.39, 0.29) is 11.7 Å². The SMILES string of the molecule is CCN(C(=O)[C@@H](C)[S@](=O)Cc1ccccc1F)c1ccccc1. The van der Waals surface area contributed by atoms with Crippen LogP contribution in [0.4, 0.5) is 10.1 Å². The predicted octanol–water partition coefficient (Wildman–Crippen LogP) is 3.52. The maximum atomic E-state index is 13.7. The topological polar surface area (TPSA) is 37.4 Å². The molecule has 0 fully saturated rings. The number of para-hydroxylation sites is 1. The van der Waals surface area contributed by atoms with Crippen LogP contribution in [0.25, 0.3) is 0 Å². The number of carbonyl (C=O) groups excluding carboxylic acids is 1. The molecule has 0 saturated heterocycles. The summed E-state index contributed by atoms with van der Waals surface area (Å²) in [4.78, 5) is 14.2. The second kappa shape index (κ2) is 8.02. The van der Waals surface area contributed by atoms with Gasteiger partial charge in [-0.3, -0.25) is 9.00 Å². The van der Waals surface area contributed by atoms with Gasteiger partial charge in [0.2, 0.25) is 5.91 Å². The van der Waals surface area contributed by atoms with Crippen LogP contribution in [0.3, 0.4) is 0 Å². The van der Waals surface area contributed by atoms with E-state index in [1.807, 2.05) is 37.3 Å². The Morgan fingerprint density at radius 3 is 2.35 bits per heavy atom. The lowest BCUT2D eigenvalue weighted by atomic mass is 10.2. The molecule has 1 amide bonds. The summed E-state index contributed by atoms with van der Waals surface area (Å²) in [5.41, 5.74) is 1.14. The van der Waals surface area contributed by atoms with Crippen molar-refractivity contribution < 1.29 is 13.4 Å². The van der Waals surface area contributed by atoms with Crippen LogP contribution in [0.1, 0.15) is 19.4 Å². The number of halogens is 1. The summed E-state index contributed by atoms with van der Waals surface area (Å²) in [5, 5.41) is -0.699. The third kappa shape index (κ3) is 4.26. The van der Waals surface area contributed by atoms with Crippen molar-refractivity contribution >= 4 is 22.4 Å². The summed E-state index contributed by atoms with van der Waals surface area (Å²) < 4.78 is 26.1. The molecule has 0 aliphatic heterocycles. The maximum Gasteiger partial charge on any atom is 0.242 e. The molecule has 2 atom stereocenters. The van der Waals surface area contributed by atoms with E-state index in [2.05, 4.69) is 0 Å². The normalized spacial score (nSPS) is 13.3. The van der Waals surface area contributed by atoms with Crippen LogP contribution in [-0.2, 0) is 21.3 Å². The monoisotopic (exact) mass is 333 g/mol. The van der Waals surface area contributed by atoms with Crippen molar-refractivity contribution in [2.75, 3.05) is 11.4 Å². The Labute approximate surface area is 138 Å². The summed E-state index contributed by atoms with van der Waals surface area (Å²) in [6, 6.07) is 15.5. The maximum absolute atomic E-state index is 13.7. The summed E-state index contributed by atoms with van der Waals surface area (Å²) in [6.45, 7) is 3.99. The fraction of sp³-hybridized carbons (Fsp3) is 0.278. The Kier molecular flexibility index (Phi) is 6.04. The molecule has 0 saturated carbocycles. The lowest BCUT2D eigenvalue weighted by molar-refractivity contribution is -0.117. The van der Waals surface area contributed by atoms with E-state index in [0.29, 0.717) is 12.1 Å². The first kappa shape index (κ1) is 17.3. The molecule has 0 bridgehead atoms. The van der Waals surface area contributed by atoms with Crippen molar-refractivity contribution in [3.05, 3.63) is 66.0 Å². The number of anilines is 1. The number of benzene rings is 2. The first-order valence-electron chi connectivity index (χ1n) is 7.51. The molecule has 23 heavy (non-hydrogen) atoms. The van der Waals surface area contributed by atoms with E-state index < -0.39 is 21.9 Å². The average molecular weight is 333 g/mol. The highest BCUT2D eigenvalue weighted by Gasteiger charge is 2.26. The minimum atomic E-state index is -1.48. The molecule has 0 aliphatic carbocycles. The molecular formula is C18H20FNO2S. The van der Waals surface area contributed by atoms with Crippen molar-refractivity contribution in [3.8, 4) is 0 Å². The van der Waals surface area contributed by atoms with Gasteiger partial charge < -0.3 is 4.90 Å². The van der Waals surface area contributed by atoms with Crippen molar-refractivity contribution in [1.29, 1.82) is 0 Å². The van der Waals surface area contributed by atoms with Gasteiger partial charge in [0, 0.05) is 28.6 Å². The van der Waals surface area contributed by atoms with Crippen molar-refractivity contribution in [1.82, 2.24) is 0 Å². The van der Waals surface area contributed by atoms with Gasteiger partial charge in [-0.2, -0.15) is 0 Å². The van der Waals surface area contributed by atoms with Crippen LogP contribution in [0.5, 0.6) is 0 Å². The molecule has 122 valence electrons. The molecule has 0 radical (unpaired) electrons. The second-order valence-electron chi connectivity index (χ2n) is 5.18. The van der Waals surface area contributed by atoms with Crippen LogP contribution in [0.2, 0.25) is 0 Å². The molecule has 0 spiro atoms. The zero-order valence-corrected chi connectivity index (χ0v) is 14.1. The lowest BCUT2D eigenvalue weighted by Gasteiger charge is -2.24. The lowest BCUT2D eigenvalue weighted by Crippen LogP contribution is -2.40. The first-order chi connectivity index (χ1) is 11.0. The number of hydrogen-bond donors (Lipinski definition) is 0. The van der Waals surface area contributed by atoms with Crippen molar-refractivity contribution in [3.63, 3.8) is 0 Å². The summed E-state index contributed by atoms with van der Waals surface area (Å²) in [5.74, 6) is -0.573. The Morgan fingerprint density at radius 1 is 1.13 bits per heavy atom. The Balaban J connectivity index is 2.12. The molecular weight excluding hydrogens is 313 g/mol. The zero-order valence-electron chi connectivity index (χ0n) is 13.2. The van der Waals surface area contributed by atoms with Crippen LogP contribution in [0, 0.1) is 5.82 Å². The smallest absolute Gasteiger partial charge is 0.242 e. The molecule has 2 aromatic rings. The third-order valence-corrected chi connectivity index (χ3v) is 5.23. The van der Waals surface area contributed by atoms with E-state index in [1.54, 1.807) is 30.0 Å². The van der Waals surface area contributed by atoms with Gasteiger partial charge in [-0.25, -0.2) is 4.39 Å². The van der Waals surface area contributed by atoms with Gasteiger partial charge in [0.15, 0.2) is 0 Å². The largest absolute Gasteiger partial charge is 0.312 e. The molecule has 0 aliphatic rings. The summed E-state index contributed by atoms with van der Waals surface area (Å²) in [6.07, 6.45) is 0. The highest BCUT2D eigenvalue weighted by molar-refractivity contribution is 7.85. The van der Waals surface area contributed by atoms with Gasteiger partial charge in [0.1, 0.15) is 11.1 Å². The van der Waals surface area contributed by atoms with Crippen molar-refractivity contribution in [2.24, 2.45) is 0 Å². The Hall–Kier alpha value is -2.01. The summed E-state index contributed by atoms with van der Waals surface area (Å²) >= 11 is 0. The fourth-order valence-electron chi connectivity index (χ4n) is 2.30. The highest BCUT2D eigenvalue weighted by atomic mass is 32.2. The summed E-state index contributed by atoms with van der Waals surface area (Å²) in [7, 11) is -1.48. The molecule has 5 heteroatoms. The first-order valence-corrected chi connectivity index (χ1v) is 8.89. The Bertz CT molecular complexity index is 690. The highest BCUT2D eigenvalue weighted by Crippen LogP contribution is 2.18. The van der Waals surface area contributed by atoms with Crippen LogP contribution in [-0.4, -0.2) is 21.9 Å². The van der Waals surface area contributed by atoms with E-state index in [1.165, 1.54) is 6.07 Å². The van der Waals surface area contributed by atoms with Gasteiger partial charge in [-0.05, 0) is 32.0 Å². The second-order valence-corrected chi connectivity index (χ2v) is 6.93. The van der Waals surface area contributed by atoms with Gasteiger partial charge in [0.05, 0.1) is 5.75 Å². The average Bonchev–Trinajstić information content (AvgIpc) is 2.57. The van der Waals surface area contributed by atoms with Crippen molar-refractivity contribution in [2.45, 2.75) is 24.9 Å². The van der Waals surface area contributed by atoms with Gasteiger partial charge >= 0.3 is 0 Å². The minimum Gasteiger partial charge on any atom is -0.312 e. The van der Waals surface area contributed by atoms with E-state index in [4.69, 9.17) is 0 Å². The minimum absolute atomic E-state index is 0.0337. The van der Waals surface area contributed by atoms with E-state index in [9.17, 15) is 13.4 Å².